The van der Waals surface area contributed by atoms with Crippen LogP contribution in [0.2, 0.25) is 0 Å². The van der Waals surface area contributed by atoms with Crippen LogP contribution < -0.4 is 4.18 Å². The summed E-state index contributed by atoms with van der Waals surface area (Å²) in [6.07, 6.45) is 1.43. The van der Waals surface area contributed by atoms with E-state index in [1.807, 2.05) is 0 Å². The van der Waals surface area contributed by atoms with Gasteiger partial charge in [0.1, 0.15) is 23.6 Å². The molecule has 0 amide bonds. The molecular formula is C11H7FN2O3S. The maximum atomic E-state index is 12.7. The second-order valence-corrected chi connectivity index (χ2v) is 3.93. The first-order valence-corrected chi connectivity index (χ1v) is 5.60. The number of rotatable bonds is 4. The molecule has 0 aliphatic heterocycles. The summed E-state index contributed by atoms with van der Waals surface area (Å²) in [4.78, 5) is 14.0. The number of nitrogens with zero attached hydrogens (tertiary/aromatic N) is 2. The van der Waals surface area contributed by atoms with E-state index in [0.717, 1.165) is 12.0 Å². The van der Waals surface area contributed by atoms with Gasteiger partial charge in [-0.1, -0.05) is 0 Å². The van der Waals surface area contributed by atoms with Crippen molar-refractivity contribution in [1.82, 2.24) is 4.98 Å². The fourth-order valence-electron chi connectivity index (χ4n) is 1.16. The van der Waals surface area contributed by atoms with E-state index in [-0.39, 0.29) is 16.5 Å². The van der Waals surface area contributed by atoms with Gasteiger partial charge in [-0.2, -0.15) is 0 Å². The highest BCUT2D eigenvalue weighted by molar-refractivity contribution is 7.95. The molecule has 0 saturated heterocycles. The maximum absolute atomic E-state index is 12.7. The molecular weight excluding hydrogens is 259 g/mol. The van der Waals surface area contributed by atoms with Crippen molar-refractivity contribution in [3.8, 4) is 5.75 Å². The molecule has 0 bridgehead atoms. The first-order valence-electron chi connectivity index (χ1n) is 4.86. The van der Waals surface area contributed by atoms with Crippen LogP contribution in [0.15, 0.2) is 47.6 Å². The lowest BCUT2D eigenvalue weighted by molar-refractivity contribution is -0.388. The van der Waals surface area contributed by atoms with Crippen molar-refractivity contribution in [3.63, 3.8) is 0 Å². The lowest BCUT2D eigenvalue weighted by Crippen LogP contribution is -1.94. The molecule has 1 aromatic heterocycles. The average molecular weight is 266 g/mol. The molecule has 18 heavy (non-hydrogen) atoms. The number of hydrogen-bond donors (Lipinski definition) is 0. The molecule has 0 aliphatic rings. The van der Waals surface area contributed by atoms with E-state index in [9.17, 15) is 14.5 Å². The number of aromatic nitrogens is 1. The summed E-state index contributed by atoms with van der Waals surface area (Å²) in [5.41, 5.74) is -0.135. The number of nitro groups is 1. The molecule has 0 radical (unpaired) electrons. The SMILES string of the molecule is O=[N+]([O-])c1cccnc1SOc1ccc(F)cc1. The summed E-state index contributed by atoms with van der Waals surface area (Å²) >= 11 is 0.759. The third kappa shape index (κ3) is 2.95. The highest BCUT2D eigenvalue weighted by Gasteiger charge is 2.16. The van der Waals surface area contributed by atoms with Gasteiger partial charge in [-0.05, 0) is 30.3 Å². The molecule has 0 atom stereocenters. The van der Waals surface area contributed by atoms with Crippen LogP contribution in [-0.4, -0.2) is 9.91 Å². The van der Waals surface area contributed by atoms with Crippen LogP contribution in [0.5, 0.6) is 5.75 Å². The normalized spacial score (nSPS) is 10.1. The second kappa shape index (κ2) is 5.46. The minimum absolute atomic E-state index is 0.135. The molecule has 0 unspecified atom stereocenters. The molecule has 0 spiro atoms. The Labute approximate surface area is 106 Å². The van der Waals surface area contributed by atoms with Gasteiger partial charge < -0.3 is 4.18 Å². The van der Waals surface area contributed by atoms with Gasteiger partial charge in [-0.3, -0.25) is 10.1 Å². The highest BCUT2D eigenvalue weighted by atomic mass is 32.2. The molecule has 92 valence electrons. The van der Waals surface area contributed by atoms with E-state index in [1.165, 1.54) is 42.6 Å². The van der Waals surface area contributed by atoms with Crippen LogP contribution in [-0.2, 0) is 0 Å². The second-order valence-electron chi connectivity index (χ2n) is 3.21. The Balaban J connectivity index is 2.10. The summed E-state index contributed by atoms with van der Waals surface area (Å²) in [6, 6.07) is 8.14. The largest absolute Gasteiger partial charge is 0.419 e. The maximum Gasteiger partial charge on any atom is 0.304 e. The van der Waals surface area contributed by atoms with Gasteiger partial charge in [0.2, 0.25) is 5.03 Å². The zero-order chi connectivity index (χ0) is 13.0. The van der Waals surface area contributed by atoms with Crippen molar-refractivity contribution in [2.75, 3.05) is 0 Å². The molecule has 0 N–H and O–H groups in total. The van der Waals surface area contributed by atoms with Crippen molar-refractivity contribution in [1.29, 1.82) is 0 Å². The molecule has 2 rings (SSSR count). The van der Waals surface area contributed by atoms with Gasteiger partial charge >= 0.3 is 5.69 Å². The van der Waals surface area contributed by atoms with E-state index in [0.29, 0.717) is 5.75 Å². The molecule has 0 saturated carbocycles. The monoisotopic (exact) mass is 266 g/mol. The summed E-state index contributed by atoms with van der Waals surface area (Å²) in [5, 5.41) is 10.9. The predicted molar refractivity (Wildman–Crippen MR) is 63.8 cm³/mol. The van der Waals surface area contributed by atoms with Gasteiger partial charge in [0.05, 0.1) is 4.92 Å². The smallest absolute Gasteiger partial charge is 0.304 e. The van der Waals surface area contributed by atoms with Crippen molar-refractivity contribution >= 4 is 17.7 Å². The fraction of sp³-hybridized carbons (Fsp3) is 0. The third-order valence-electron chi connectivity index (χ3n) is 1.98. The van der Waals surface area contributed by atoms with Gasteiger partial charge in [-0.15, -0.1) is 0 Å². The van der Waals surface area contributed by atoms with Crippen LogP contribution in [0.25, 0.3) is 0 Å². The van der Waals surface area contributed by atoms with Gasteiger partial charge in [-0.25, -0.2) is 9.37 Å². The van der Waals surface area contributed by atoms with E-state index in [4.69, 9.17) is 4.18 Å². The number of benzene rings is 1. The fourth-order valence-corrected chi connectivity index (χ4v) is 1.78. The molecule has 2 aromatic rings. The van der Waals surface area contributed by atoms with E-state index < -0.39 is 4.92 Å². The molecule has 0 aliphatic carbocycles. The minimum atomic E-state index is -0.538. The number of pyridine rings is 1. The highest BCUT2D eigenvalue weighted by Crippen LogP contribution is 2.28. The Morgan fingerprint density at radius 2 is 2.00 bits per heavy atom. The quantitative estimate of drug-likeness (QED) is 0.483. The first-order chi connectivity index (χ1) is 8.66. The molecule has 1 heterocycles. The Morgan fingerprint density at radius 3 is 2.67 bits per heavy atom. The third-order valence-corrected chi connectivity index (χ3v) is 2.73. The van der Waals surface area contributed by atoms with Crippen molar-refractivity contribution < 1.29 is 13.5 Å². The lowest BCUT2D eigenvalue weighted by Gasteiger charge is -2.03. The van der Waals surface area contributed by atoms with Crippen LogP contribution in [0.1, 0.15) is 0 Å². The van der Waals surface area contributed by atoms with Crippen LogP contribution in [0.3, 0.4) is 0 Å². The summed E-state index contributed by atoms with van der Waals surface area (Å²) in [7, 11) is 0. The number of halogens is 1. The minimum Gasteiger partial charge on any atom is -0.419 e. The Morgan fingerprint density at radius 1 is 1.28 bits per heavy atom. The summed E-state index contributed by atoms with van der Waals surface area (Å²) in [6.45, 7) is 0. The van der Waals surface area contributed by atoms with Crippen LogP contribution in [0, 0.1) is 15.9 Å². The molecule has 5 nitrogen and oxygen atoms in total. The van der Waals surface area contributed by atoms with Gasteiger partial charge in [0.15, 0.2) is 0 Å². The Hall–Kier alpha value is -2.15. The van der Waals surface area contributed by atoms with Gasteiger partial charge in [0, 0.05) is 12.3 Å². The van der Waals surface area contributed by atoms with Crippen molar-refractivity contribution in [2.24, 2.45) is 0 Å². The molecule has 1 aromatic carbocycles. The Bertz CT molecular complexity index is 562. The van der Waals surface area contributed by atoms with E-state index >= 15 is 0 Å². The van der Waals surface area contributed by atoms with Gasteiger partial charge in [0.25, 0.3) is 0 Å². The molecule has 7 heteroatoms. The van der Waals surface area contributed by atoms with Crippen molar-refractivity contribution in [2.45, 2.75) is 5.03 Å². The predicted octanol–water partition coefficient (Wildman–Crippen LogP) is 3.22. The topological polar surface area (TPSA) is 65.3 Å². The number of hydrogen-bond acceptors (Lipinski definition) is 5. The van der Waals surface area contributed by atoms with Crippen LogP contribution >= 0.6 is 12.0 Å². The van der Waals surface area contributed by atoms with E-state index in [1.54, 1.807) is 0 Å². The Kier molecular flexibility index (Phi) is 3.73. The zero-order valence-corrected chi connectivity index (χ0v) is 9.76. The summed E-state index contributed by atoms with van der Waals surface area (Å²) in [5.74, 6) is 0.0116. The van der Waals surface area contributed by atoms with E-state index in [2.05, 4.69) is 4.98 Å². The molecule has 0 fully saturated rings. The summed E-state index contributed by atoms with van der Waals surface area (Å²) < 4.78 is 17.9. The lowest BCUT2D eigenvalue weighted by atomic mass is 10.3. The first kappa shape index (κ1) is 12.3. The van der Waals surface area contributed by atoms with Crippen molar-refractivity contribution in [3.05, 3.63) is 58.5 Å². The van der Waals surface area contributed by atoms with Crippen LogP contribution in [0.4, 0.5) is 10.1 Å². The zero-order valence-electron chi connectivity index (χ0n) is 8.95. The standard InChI is InChI=1S/C11H7FN2O3S/c12-8-3-5-9(6-4-8)17-18-11-10(14(15)16)2-1-7-13-11/h1-7H. The average Bonchev–Trinajstić information content (AvgIpc) is 2.38.